The van der Waals surface area contributed by atoms with E-state index in [1.54, 1.807) is 19.0 Å². The van der Waals surface area contributed by atoms with E-state index < -0.39 is 0 Å². The van der Waals surface area contributed by atoms with Crippen molar-refractivity contribution in [1.82, 2.24) is 15.1 Å². The highest BCUT2D eigenvalue weighted by Gasteiger charge is 2.25. The molecule has 1 unspecified atom stereocenters. The van der Waals surface area contributed by atoms with Gasteiger partial charge in [0.2, 0.25) is 0 Å². The second-order valence-corrected chi connectivity index (χ2v) is 8.12. The fraction of sp³-hybridized carbons (Fsp3) is 0.636. The molecule has 1 aliphatic rings. The Bertz CT molecular complexity index is 645. The Morgan fingerprint density at radius 2 is 2.11 bits per heavy atom. The Morgan fingerprint density at radius 1 is 1.36 bits per heavy atom. The normalized spacial score (nSPS) is 16.9. The topological polar surface area (TPSA) is 47.9 Å². The van der Waals surface area contributed by atoms with Crippen LogP contribution in [-0.2, 0) is 6.42 Å². The predicted octanol–water partition coefficient (Wildman–Crippen LogP) is 3.88. The number of aliphatic imine (C=N–C) groups is 1. The van der Waals surface area contributed by atoms with E-state index in [2.05, 4.69) is 37.1 Å². The van der Waals surface area contributed by atoms with Crippen LogP contribution in [0.15, 0.2) is 29.3 Å². The molecular weight excluding hydrogens is 463 g/mol. The maximum atomic E-state index is 12.1. The maximum Gasteiger partial charge on any atom is 0.253 e. The van der Waals surface area contributed by atoms with Crippen molar-refractivity contribution in [3.8, 4) is 0 Å². The van der Waals surface area contributed by atoms with Gasteiger partial charge >= 0.3 is 0 Å². The highest BCUT2D eigenvalue weighted by molar-refractivity contribution is 14.0. The van der Waals surface area contributed by atoms with Crippen molar-refractivity contribution in [1.29, 1.82) is 0 Å². The summed E-state index contributed by atoms with van der Waals surface area (Å²) in [5.74, 6) is 2.61. The predicted molar refractivity (Wildman–Crippen MR) is 129 cm³/mol. The van der Waals surface area contributed by atoms with E-state index in [-0.39, 0.29) is 29.9 Å². The van der Waals surface area contributed by atoms with Crippen molar-refractivity contribution in [2.24, 2.45) is 16.8 Å². The molecule has 28 heavy (non-hydrogen) atoms. The molecule has 1 heterocycles. The fourth-order valence-electron chi connectivity index (χ4n) is 3.72. The van der Waals surface area contributed by atoms with Gasteiger partial charge < -0.3 is 15.1 Å². The number of carbonyl (C=O) groups excluding carboxylic acids is 1. The minimum atomic E-state index is 0. The summed E-state index contributed by atoms with van der Waals surface area (Å²) in [4.78, 5) is 21.0. The van der Waals surface area contributed by atoms with Crippen LogP contribution in [0, 0.1) is 11.8 Å². The van der Waals surface area contributed by atoms with Gasteiger partial charge in [0.15, 0.2) is 5.96 Å². The zero-order chi connectivity index (χ0) is 19.8. The molecule has 158 valence electrons. The second kappa shape index (κ2) is 12.3. The summed E-state index contributed by atoms with van der Waals surface area (Å²) in [7, 11) is 3.56. The van der Waals surface area contributed by atoms with Gasteiger partial charge in [0, 0.05) is 45.8 Å². The standard InChI is InChI=1S/C22H36N4O.HI/c1-6-23-22(26-13-11-19(16-26)14-17(2)3)24-12-10-18-8-7-9-20(15-18)21(27)25(4)5;/h7-9,15,17,19H,6,10-14,16H2,1-5H3,(H,23,24);1H. The van der Waals surface area contributed by atoms with Crippen LogP contribution in [0.4, 0.5) is 0 Å². The van der Waals surface area contributed by atoms with E-state index in [1.165, 1.54) is 12.8 Å². The number of halogens is 1. The summed E-state index contributed by atoms with van der Waals surface area (Å²) >= 11 is 0. The van der Waals surface area contributed by atoms with Gasteiger partial charge in [-0.25, -0.2) is 0 Å². The lowest BCUT2D eigenvalue weighted by molar-refractivity contribution is 0.0827. The molecule has 0 bridgehead atoms. The average molecular weight is 500 g/mol. The molecule has 1 atom stereocenters. The number of hydrogen-bond acceptors (Lipinski definition) is 2. The molecule has 0 aromatic heterocycles. The number of rotatable bonds is 7. The molecule has 2 rings (SSSR count). The monoisotopic (exact) mass is 500 g/mol. The van der Waals surface area contributed by atoms with Crippen molar-refractivity contribution in [3.05, 3.63) is 35.4 Å². The lowest BCUT2D eigenvalue weighted by Crippen LogP contribution is -2.40. The van der Waals surface area contributed by atoms with Gasteiger partial charge in [-0.05, 0) is 55.7 Å². The third kappa shape index (κ3) is 7.60. The molecule has 1 aromatic rings. The first-order valence-corrected chi connectivity index (χ1v) is 10.2. The van der Waals surface area contributed by atoms with Crippen LogP contribution in [0.2, 0.25) is 0 Å². The summed E-state index contributed by atoms with van der Waals surface area (Å²) in [6.07, 6.45) is 3.40. The van der Waals surface area contributed by atoms with Crippen LogP contribution in [0.3, 0.4) is 0 Å². The largest absolute Gasteiger partial charge is 0.357 e. The number of nitrogens with zero attached hydrogens (tertiary/aromatic N) is 3. The van der Waals surface area contributed by atoms with Gasteiger partial charge in [-0.2, -0.15) is 0 Å². The molecule has 1 aromatic carbocycles. The zero-order valence-corrected chi connectivity index (χ0v) is 20.4. The molecule has 0 aliphatic carbocycles. The Kier molecular flexibility index (Phi) is 10.9. The van der Waals surface area contributed by atoms with Crippen LogP contribution in [0.1, 0.15) is 49.5 Å². The van der Waals surface area contributed by atoms with Crippen LogP contribution < -0.4 is 5.32 Å². The first-order chi connectivity index (χ1) is 12.9. The Balaban J connectivity index is 0.00000392. The van der Waals surface area contributed by atoms with Crippen molar-refractivity contribution < 1.29 is 4.79 Å². The van der Waals surface area contributed by atoms with Crippen LogP contribution in [0.5, 0.6) is 0 Å². The van der Waals surface area contributed by atoms with Gasteiger partial charge in [-0.15, -0.1) is 24.0 Å². The SMILES string of the molecule is CCNC(=NCCc1cccc(C(=O)N(C)C)c1)N1CCC(CC(C)C)C1.I. The lowest BCUT2D eigenvalue weighted by Gasteiger charge is -2.22. The summed E-state index contributed by atoms with van der Waals surface area (Å²) in [6.45, 7) is 10.5. The first-order valence-electron chi connectivity index (χ1n) is 10.2. The third-order valence-electron chi connectivity index (χ3n) is 4.97. The van der Waals surface area contributed by atoms with Crippen LogP contribution in [-0.4, -0.2) is 61.9 Å². The van der Waals surface area contributed by atoms with Gasteiger partial charge in [-0.1, -0.05) is 26.0 Å². The van der Waals surface area contributed by atoms with Gasteiger partial charge in [0.25, 0.3) is 5.91 Å². The number of carbonyl (C=O) groups is 1. The second-order valence-electron chi connectivity index (χ2n) is 8.12. The molecule has 1 saturated heterocycles. The number of likely N-dealkylation sites (tertiary alicyclic amines) is 1. The summed E-state index contributed by atoms with van der Waals surface area (Å²) < 4.78 is 0. The van der Waals surface area contributed by atoms with Gasteiger partial charge in [0.05, 0.1) is 0 Å². The average Bonchev–Trinajstić information content (AvgIpc) is 3.08. The van der Waals surface area contributed by atoms with E-state index in [9.17, 15) is 4.79 Å². The highest BCUT2D eigenvalue weighted by Crippen LogP contribution is 2.23. The lowest BCUT2D eigenvalue weighted by atomic mass is 9.97. The molecule has 1 aliphatic heterocycles. The molecule has 1 amide bonds. The van der Waals surface area contributed by atoms with Crippen molar-refractivity contribution in [3.63, 3.8) is 0 Å². The van der Waals surface area contributed by atoms with Crippen molar-refractivity contribution >= 4 is 35.8 Å². The van der Waals surface area contributed by atoms with Crippen LogP contribution >= 0.6 is 24.0 Å². The summed E-state index contributed by atoms with van der Waals surface area (Å²) in [6, 6.07) is 7.89. The van der Waals surface area contributed by atoms with E-state index in [0.29, 0.717) is 0 Å². The molecular formula is C22H37IN4O. The quantitative estimate of drug-likeness (QED) is 0.351. The van der Waals surface area contributed by atoms with Gasteiger partial charge in [-0.3, -0.25) is 9.79 Å². The molecule has 1 fully saturated rings. The first kappa shape index (κ1) is 24.7. The molecule has 0 spiro atoms. The Hall–Kier alpha value is -1.31. The third-order valence-corrected chi connectivity index (χ3v) is 4.97. The Labute approximate surface area is 188 Å². The number of nitrogens with one attached hydrogen (secondary N) is 1. The minimum absolute atomic E-state index is 0. The van der Waals surface area contributed by atoms with Crippen LogP contribution in [0.25, 0.3) is 0 Å². The van der Waals surface area contributed by atoms with E-state index in [4.69, 9.17) is 4.99 Å². The molecule has 6 heteroatoms. The molecule has 0 radical (unpaired) electrons. The number of amides is 1. The van der Waals surface area contributed by atoms with Crippen molar-refractivity contribution in [2.45, 2.75) is 40.0 Å². The van der Waals surface area contributed by atoms with E-state index in [0.717, 1.165) is 61.5 Å². The van der Waals surface area contributed by atoms with Crippen molar-refractivity contribution in [2.75, 3.05) is 40.3 Å². The highest BCUT2D eigenvalue weighted by atomic mass is 127. The zero-order valence-electron chi connectivity index (χ0n) is 18.1. The maximum absolute atomic E-state index is 12.1. The number of benzene rings is 1. The fourth-order valence-corrected chi connectivity index (χ4v) is 3.72. The smallest absolute Gasteiger partial charge is 0.253 e. The summed E-state index contributed by atoms with van der Waals surface area (Å²) in [5, 5.41) is 3.44. The number of guanidine groups is 1. The molecule has 5 nitrogen and oxygen atoms in total. The minimum Gasteiger partial charge on any atom is -0.357 e. The summed E-state index contributed by atoms with van der Waals surface area (Å²) in [5.41, 5.74) is 1.89. The Morgan fingerprint density at radius 3 is 2.75 bits per heavy atom. The van der Waals surface area contributed by atoms with Gasteiger partial charge in [0.1, 0.15) is 0 Å². The van der Waals surface area contributed by atoms with E-state index in [1.807, 2.05) is 18.2 Å². The molecule has 0 saturated carbocycles. The number of hydrogen-bond donors (Lipinski definition) is 1. The molecule has 1 N–H and O–H groups in total. The van der Waals surface area contributed by atoms with E-state index >= 15 is 0 Å².